The van der Waals surface area contributed by atoms with Crippen molar-refractivity contribution in [1.82, 2.24) is 14.9 Å². The van der Waals surface area contributed by atoms with Gasteiger partial charge in [-0.25, -0.2) is 9.97 Å². The fourth-order valence-corrected chi connectivity index (χ4v) is 2.10. The van der Waals surface area contributed by atoms with E-state index in [0.29, 0.717) is 18.7 Å². The van der Waals surface area contributed by atoms with Crippen molar-refractivity contribution in [3.05, 3.63) is 18.1 Å². The third-order valence-corrected chi connectivity index (χ3v) is 3.20. The number of amides is 2. The first-order chi connectivity index (χ1) is 9.11. The molecule has 1 atom stereocenters. The van der Waals surface area contributed by atoms with Crippen LogP contribution in [0.25, 0.3) is 0 Å². The lowest BCUT2D eigenvalue weighted by molar-refractivity contribution is -0.146. The second kappa shape index (κ2) is 5.77. The second-order valence-electron chi connectivity index (χ2n) is 4.67. The van der Waals surface area contributed by atoms with E-state index < -0.39 is 0 Å². The van der Waals surface area contributed by atoms with Gasteiger partial charge in [-0.1, -0.05) is 13.3 Å². The molecule has 2 heterocycles. The Kier molecular flexibility index (Phi) is 4.09. The Morgan fingerprint density at radius 3 is 2.95 bits per heavy atom. The molecule has 0 aliphatic carbocycles. The fraction of sp³-hybridized carbons (Fsp3) is 0.538. The molecular formula is C13H18N4O2. The number of piperidine rings is 1. The second-order valence-corrected chi connectivity index (χ2v) is 4.67. The minimum Gasteiger partial charge on any atom is -0.358 e. The van der Waals surface area contributed by atoms with Crippen molar-refractivity contribution in [1.29, 1.82) is 0 Å². The zero-order chi connectivity index (χ0) is 13.8. The molecule has 1 fully saturated rings. The number of nitrogens with one attached hydrogen (secondary N) is 1. The van der Waals surface area contributed by atoms with Crippen molar-refractivity contribution in [3.8, 4) is 0 Å². The molecule has 1 aliphatic rings. The van der Waals surface area contributed by atoms with Crippen molar-refractivity contribution >= 4 is 17.6 Å². The number of anilines is 1. The molecule has 2 rings (SSSR count). The van der Waals surface area contributed by atoms with E-state index in [4.69, 9.17) is 0 Å². The topological polar surface area (TPSA) is 75.2 Å². The molecular weight excluding hydrogens is 244 g/mol. The van der Waals surface area contributed by atoms with E-state index in [0.717, 1.165) is 18.5 Å². The van der Waals surface area contributed by atoms with Gasteiger partial charge >= 0.3 is 0 Å². The molecule has 0 saturated carbocycles. The standard InChI is InChI=1S/C13H18N4O2/c1-3-4-9-7-11(15-8-14-9)16-10-5-6-12(18)17(2)13(10)19/h7-8,10H,3-6H2,1-2H3,(H,14,15,16). The average molecular weight is 262 g/mol. The summed E-state index contributed by atoms with van der Waals surface area (Å²) in [6.07, 6.45) is 4.28. The van der Waals surface area contributed by atoms with Crippen LogP contribution in [0.2, 0.25) is 0 Å². The summed E-state index contributed by atoms with van der Waals surface area (Å²) in [5, 5.41) is 3.09. The van der Waals surface area contributed by atoms with Gasteiger partial charge in [0.25, 0.3) is 5.91 Å². The van der Waals surface area contributed by atoms with Crippen LogP contribution in [0.1, 0.15) is 31.9 Å². The summed E-state index contributed by atoms with van der Waals surface area (Å²) < 4.78 is 0. The number of nitrogens with zero attached hydrogens (tertiary/aromatic N) is 3. The number of hydrogen-bond donors (Lipinski definition) is 1. The van der Waals surface area contributed by atoms with Crippen LogP contribution in [-0.4, -0.2) is 39.8 Å². The van der Waals surface area contributed by atoms with Gasteiger partial charge in [-0.05, 0) is 12.8 Å². The molecule has 1 unspecified atom stereocenters. The molecule has 19 heavy (non-hydrogen) atoms. The molecule has 1 aliphatic heterocycles. The molecule has 0 spiro atoms. The van der Waals surface area contributed by atoms with E-state index in [1.165, 1.54) is 18.3 Å². The van der Waals surface area contributed by atoms with E-state index in [9.17, 15) is 9.59 Å². The van der Waals surface area contributed by atoms with Gasteiger partial charge < -0.3 is 5.32 Å². The monoisotopic (exact) mass is 262 g/mol. The van der Waals surface area contributed by atoms with Crippen LogP contribution in [0.5, 0.6) is 0 Å². The number of hydrogen-bond acceptors (Lipinski definition) is 5. The van der Waals surface area contributed by atoms with Crippen molar-refractivity contribution in [3.63, 3.8) is 0 Å². The molecule has 1 N–H and O–H groups in total. The minimum atomic E-state index is -0.382. The lowest BCUT2D eigenvalue weighted by atomic mass is 10.0. The SMILES string of the molecule is CCCc1cc(NC2CCC(=O)N(C)C2=O)ncn1. The first kappa shape index (κ1) is 13.5. The lowest BCUT2D eigenvalue weighted by Crippen LogP contribution is -2.48. The highest BCUT2D eigenvalue weighted by atomic mass is 16.2. The summed E-state index contributed by atoms with van der Waals surface area (Å²) in [5.41, 5.74) is 0.952. The first-order valence-electron chi connectivity index (χ1n) is 6.49. The number of aryl methyl sites for hydroxylation is 1. The van der Waals surface area contributed by atoms with Crippen LogP contribution in [-0.2, 0) is 16.0 Å². The Labute approximate surface area is 112 Å². The number of carbonyl (C=O) groups excluding carboxylic acids is 2. The molecule has 1 aromatic rings. The molecule has 1 aromatic heterocycles. The molecule has 0 radical (unpaired) electrons. The van der Waals surface area contributed by atoms with Crippen molar-refractivity contribution in [2.24, 2.45) is 0 Å². The van der Waals surface area contributed by atoms with E-state index in [1.54, 1.807) is 0 Å². The Morgan fingerprint density at radius 2 is 2.21 bits per heavy atom. The van der Waals surface area contributed by atoms with Crippen LogP contribution in [0.4, 0.5) is 5.82 Å². The zero-order valence-electron chi connectivity index (χ0n) is 11.2. The number of carbonyl (C=O) groups is 2. The Hall–Kier alpha value is -1.98. The van der Waals surface area contributed by atoms with Gasteiger partial charge in [0.1, 0.15) is 18.2 Å². The molecule has 6 heteroatoms. The molecule has 1 saturated heterocycles. The summed E-state index contributed by atoms with van der Waals surface area (Å²) >= 11 is 0. The van der Waals surface area contributed by atoms with Crippen LogP contribution < -0.4 is 5.32 Å². The van der Waals surface area contributed by atoms with Crippen LogP contribution in [0.3, 0.4) is 0 Å². The van der Waals surface area contributed by atoms with Gasteiger partial charge in [0, 0.05) is 25.2 Å². The maximum absolute atomic E-state index is 11.9. The van der Waals surface area contributed by atoms with Gasteiger partial charge in [0.15, 0.2) is 0 Å². The van der Waals surface area contributed by atoms with Gasteiger partial charge in [0.2, 0.25) is 5.91 Å². The van der Waals surface area contributed by atoms with Crippen LogP contribution >= 0.6 is 0 Å². The Bertz CT molecular complexity index is 489. The number of aromatic nitrogens is 2. The maximum Gasteiger partial charge on any atom is 0.251 e. The Morgan fingerprint density at radius 1 is 1.42 bits per heavy atom. The van der Waals surface area contributed by atoms with Gasteiger partial charge in [-0.2, -0.15) is 0 Å². The zero-order valence-corrected chi connectivity index (χ0v) is 11.2. The third kappa shape index (κ3) is 3.07. The van der Waals surface area contributed by atoms with Gasteiger partial charge in [0.05, 0.1) is 0 Å². The lowest BCUT2D eigenvalue weighted by Gasteiger charge is -2.28. The smallest absolute Gasteiger partial charge is 0.251 e. The highest BCUT2D eigenvalue weighted by molar-refractivity contribution is 6.01. The predicted molar refractivity (Wildman–Crippen MR) is 70.4 cm³/mol. The summed E-state index contributed by atoms with van der Waals surface area (Å²) in [6.45, 7) is 2.08. The largest absolute Gasteiger partial charge is 0.358 e. The quantitative estimate of drug-likeness (QED) is 0.819. The fourth-order valence-electron chi connectivity index (χ4n) is 2.10. The van der Waals surface area contributed by atoms with E-state index >= 15 is 0 Å². The summed E-state index contributed by atoms with van der Waals surface area (Å²) in [6, 6.07) is 1.47. The number of imide groups is 1. The van der Waals surface area contributed by atoms with Crippen LogP contribution in [0.15, 0.2) is 12.4 Å². The molecule has 6 nitrogen and oxygen atoms in total. The van der Waals surface area contributed by atoms with E-state index in [2.05, 4.69) is 22.2 Å². The van der Waals surface area contributed by atoms with Crippen molar-refractivity contribution in [2.45, 2.75) is 38.6 Å². The number of rotatable bonds is 4. The number of likely N-dealkylation sites (tertiary alicyclic amines) is 1. The third-order valence-electron chi connectivity index (χ3n) is 3.20. The normalized spacial score (nSPS) is 19.7. The van der Waals surface area contributed by atoms with E-state index in [-0.39, 0.29) is 17.9 Å². The summed E-state index contributed by atoms with van der Waals surface area (Å²) in [4.78, 5) is 32.8. The van der Waals surface area contributed by atoms with E-state index in [1.807, 2.05) is 6.07 Å². The van der Waals surface area contributed by atoms with Crippen molar-refractivity contribution < 1.29 is 9.59 Å². The first-order valence-corrected chi connectivity index (χ1v) is 6.49. The van der Waals surface area contributed by atoms with Crippen molar-refractivity contribution in [2.75, 3.05) is 12.4 Å². The minimum absolute atomic E-state index is 0.127. The summed E-state index contributed by atoms with van der Waals surface area (Å²) in [7, 11) is 1.51. The predicted octanol–water partition coefficient (Wildman–Crippen LogP) is 0.988. The summed E-state index contributed by atoms with van der Waals surface area (Å²) in [5.74, 6) is 0.309. The highest BCUT2D eigenvalue weighted by Crippen LogP contribution is 2.16. The van der Waals surface area contributed by atoms with Gasteiger partial charge in [-0.3, -0.25) is 14.5 Å². The molecule has 102 valence electrons. The molecule has 2 amide bonds. The molecule has 0 aromatic carbocycles. The Balaban J connectivity index is 2.06. The average Bonchev–Trinajstić information content (AvgIpc) is 2.40. The number of likely N-dealkylation sites (N-methyl/N-ethyl adjacent to an activating group) is 1. The molecule has 0 bridgehead atoms. The van der Waals surface area contributed by atoms with Gasteiger partial charge in [-0.15, -0.1) is 0 Å². The maximum atomic E-state index is 11.9. The highest BCUT2D eigenvalue weighted by Gasteiger charge is 2.31. The van der Waals surface area contributed by atoms with Crippen LogP contribution in [0, 0.1) is 0 Å².